The zero-order valence-electron chi connectivity index (χ0n) is 16.1. The molecule has 0 radical (unpaired) electrons. The smallest absolute Gasteiger partial charge is 0.261 e. The molecule has 0 aliphatic carbocycles. The maximum atomic E-state index is 12.7. The van der Waals surface area contributed by atoms with Crippen molar-refractivity contribution in [2.45, 2.75) is 33.4 Å². The number of ether oxygens (including phenoxy) is 1. The Hall–Kier alpha value is -2.86. The van der Waals surface area contributed by atoms with E-state index < -0.39 is 0 Å². The number of aromatic nitrogens is 2. The second kappa shape index (κ2) is 8.89. The molecule has 2 aromatic carbocycles. The fraction of sp³-hybridized carbons (Fsp3) is 0.286. The minimum absolute atomic E-state index is 0.0468. The summed E-state index contributed by atoms with van der Waals surface area (Å²) in [7, 11) is 0. The van der Waals surface area contributed by atoms with Crippen LogP contribution in [0, 0.1) is 6.92 Å². The molecule has 28 heavy (non-hydrogen) atoms. The molecule has 0 fully saturated rings. The van der Waals surface area contributed by atoms with E-state index in [1.54, 1.807) is 23.1 Å². The number of rotatable bonds is 7. The van der Waals surface area contributed by atoms with E-state index in [0.717, 1.165) is 11.1 Å². The van der Waals surface area contributed by atoms with E-state index in [1.165, 1.54) is 0 Å². The topological polar surface area (TPSA) is 68.5 Å². The summed E-state index contributed by atoms with van der Waals surface area (Å²) in [6.07, 6.45) is 0. The molecule has 3 rings (SSSR count). The van der Waals surface area contributed by atoms with Crippen LogP contribution in [0.4, 0.5) is 0 Å². The van der Waals surface area contributed by atoms with Gasteiger partial charge in [0.15, 0.2) is 6.61 Å². The molecule has 1 amide bonds. The lowest BCUT2D eigenvalue weighted by Gasteiger charge is -2.25. The lowest BCUT2D eigenvalue weighted by Crippen LogP contribution is -2.39. The molecule has 0 saturated carbocycles. The van der Waals surface area contributed by atoms with E-state index in [-0.39, 0.29) is 25.1 Å². The van der Waals surface area contributed by atoms with Gasteiger partial charge in [0.1, 0.15) is 12.3 Å². The van der Waals surface area contributed by atoms with Gasteiger partial charge in [-0.05, 0) is 44.5 Å². The van der Waals surface area contributed by atoms with Crippen LogP contribution in [-0.2, 0) is 11.3 Å². The number of carbonyl (C=O) groups excluding carboxylic acids is 1. The summed E-state index contributed by atoms with van der Waals surface area (Å²) < 4.78 is 11.0. The van der Waals surface area contributed by atoms with Gasteiger partial charge in [0.2, 0.25) is 11.7 Å². The monoisotopic (exact) mass is 399 g/mol. The number of hydrogen-bond donors (Lipinski definition) is 0. The largest absolute Gasteiger partial charge is 0.483 e. The number of benzene rings is 2. The second-order valence-corrected chi connectivity index (χ2v) is 7.13. The second-order valence-electron chi connectivity index (χ2n) is 6.69. The highest BCUT2D eigenvalue weighted by atomic mass is 35.5. The van der Waals surface area contributed by atoms with Crippen molar-refractivity contribution < 1.29 is 14.1 Å². The van der Waals surface area contributed by atoms with Crippen LogP contribution in [0.2, 0.25) is 5.02 Å². The summed E-state index contributed by atoms with van der Waals surface area (Å²) in [6, 6.07) is 14.8. The molecule has 1 heterocycles. The van der Waals surface area contributed by atoms with Crippen LogP contribution in [0.3, 0.4) is 0 Å². The number of hydrogen-bond acceptors (Lipinski definition) is 5. The Morgan fingerprint density at radius 1 is 1.21 bits per heavy atom. The van der Waals surface area contributed by atoms with Gasteiger partial charge in [0, 0.05) is 16.6 Å². The molecule has 3 aromatic rings. The maximum Gasteiger partial charge on any atom is 0.261 e. The summed E-state index contributed by atoms with van der Waals surface area (Å²) in [5.74, 6) is 1.35. The van der Waals surface area contributed by atoms with Gasteiger partial charge in [-0.2, -0.15) is 4.98 Å². The first-order chi connectivity index (χ1) is 13.4. The highest BCUT2D eigenvalue weighted by Crippen LogP contribution is 2.22. The fourth-order valence-electron chi connectivity index (χ4n) is 2.73. The molecule has 0 spiro atoms. The Labute approximate surface area is 169 Å². The van der Waals surface area contributed by atoms with Gasteiger partial charge in [0.05, 0.1) is 0 Å². The molecule has 0 N–H and O–H groups in total. The molecule has 0 saturated heterocycles. The molecule has 0 atom stereocenters. The molecular weight excluding hydrogens is 378 g/mol. The van der Waals surface area contributed by atoms with Gasteiger partial charge in [-0.25, -0.2) is 0 Å². The lowest BCUT2D eigenvalue weighted by atomic mass is 10.2. The standard InChI is InChI=1S/C21H22ClN3O3/c1-14(2)25(20(26)13-27-18-10-9-17(22)11-15(18)3)12-19-23-21(24-28-19)16-7-5-4-6-8-16/h4-11,14H,12-13H2,1-3H3. The molecule has 0 aliphatic rings. The van der Waals surface area contributed by atoms with Gasteiger partial charge >= 0.3 is 0 Å². The van der Waals surface area contributed by atoms with Gasteiger partial charge in [0.25, 0.3) is 5.91 Å². The van der Waals surface area contributed by atoms with Crippen LogP contribution in [0.1, 0.15) is 25.3 Å². The molecule has 6 nitrogen and oxygen atoms in total. The number of halogens is 1. The van der Waals surface area contributed by atoms with E-state index in [4.69, 9.17) is 20.9 Å². The van der Waals surface area contributed by atoms with Gasteiger partial charge < -0.3 is 14.2 Å². The van der Waals surface area contributed by atoms with E-state index in [2.05, 4.69) is 10.1 Å². The van der Waals surface area contributed by atoms with Crippen LogP contribution in [0.25, 0.3) is 11.4 Å². The quantitative estimate of drug-likeness (QED) is 0.584. The summed E-state index contributed by atoms with van der Waals surface area (Å²) >= 11 is 5.95. The number of carbonyl (C=O) groups is 1. The molecule has 146 valence electrons. The van der Waals surface area contributed by atoms with Crippen molar-refractivity contribution in [1.29, 1.82) is 0 Å². The Kier molecular flexibility index (Phi) is 6.31. The molecule has 0 bridgehead atoms. The maximum absolute atomic E-state index is 12.7. The van der Waals surface area contributed by atoms with Crippen molar-refractivity contribution in [3.8, 4) is 17.1 Å². The van der Waals surface area contributed by atoms with E-state index in [1.807, 2.05) is 51.1 Å². The zero-order valence-corrected chi connectivity index (χ0v) is 16.8. The Morgan fingerprint density at radius 3 is 2.64 bits per heavy atom. The van der Waals surface area contributed by atoms with Gasteiger partial charge in [-0.15, -0.1) is 0 Å². The first-order valence-corrected chi connectivity index (χ1v) is 9.38. The van der Waals surface area contributed by atoms with Crippen LogP contribution >= 0.6 is 11.6 Å². The summed E-state index contributed by atoms with van der Waals surface area (Å²) in [4.78, 5) is 18.7. The normalized spacial score (nSPS) is 10.9. The number of nitrogens with zero attached hydrogens (tertiary/aromatic N) is 3. The molecular formula is C21H22ClN3O3. The zero-order chi connectivity index (χ0) is 20.1. The minimum atomic E-state index is -0.163. The SMILES string of the molecule is Cc1cc(Cl)ccc1OCC(=O)N(Cc1nc(-c2ccccc2)no1)C(C)C. The third-order valence-electron chi connectivity index (χ3n) is 4.24. The Bertz CT molecular complexity index is 941. The average Bonchev–Trinajstić information content (AvgIpc) is 3.14. The molecule has 7 heteroatoms. The molecule has 1 aromatic heterocycles. The predicted molar refractivity (Wildman–Crippen MR) is 107 cm³/mol. The summed E-state index contributed by atoms with van der Waals surface area (Å²) in [5.41, 5.74) is 1.74. The average molecular weight is 400 g/mol. The third kappa shape index (κ3) is 4.89. The van der Waals surface area contributed by atoms with Crippen molar-refractivity contribution in [3.05, 3.63) is 65.0 Å². The van der Waals surface area contributed by atoms with Crippen molar-refractivity contribution in [3.63, 3.8) is 0 Å². The molecule has 0 unspecified atom stereocenters. The van der Waals surface area contributed by atoms with Gasteiger partial charge in [-0.1, -0.05) is 47.1 Å². The van der Waals surface area contributed by atoms with E-state index in [0.29, 0.717) is 22.5 Å². The van der Waals surface area contributed by atoms with Crippen LogP contribution < -0.4 is 4.74 Å². The van der Waals surface area contributed by atoms with Crippen molar-refractivity contribution in [1.82, 2.24) is 15.0 Å². The van der Waals surface area contributed by atoms with Crippen molar-refractivity contribution in [2.24, 2.45) is 0 Å². The van der Waals surface area contributed by atoms with Crippen molar-refractivity contribution >= 4 is 17.5 Å². The number of amides is 1. The van der Waals surface area contributed by atoms with Crippen molar-refractivity contribution in [2.75, 3.05) is 6.61 Å². The summed E-state index contributed by atoms with van der Waals surface area (Å²) in [6.45, 7) is 5.88. The fourth-order valence-corrected chi connectivity index (χ4v) is 2.95. The predicted octanol–water partition coefficient (Wildman–Crippen LogP) is 4.51. The van der Waals surface area contributed by atoms with E-state index in [9.17, 15) is 4.79 Å². The third-order valence-corrected chi connectivity index (χ3v) is 4.47. The first-order valence-electron chi connectivity index (χ1n) is 9.00. The highest BCUT2D eigenvalue weighted by Gasteiger charge is 2.21. The molecule has 0 aliphatic heterocycles. The van der Waals surface area contributed by atoms with E-state index >= 15 is 0 Å². The van der Waals surface area contributed by atoms with Crippen LogP contribution in [-0.4, -0.2) is 33.6 Å². The van der Waals surface area contributed by atoms with Crippen LogP contribution in [0.15, 0.2) is 53.1 Å². The van der Waals surface area contributed by atoms with Gasteiger partial charge in [-0.3, -0.25) is 4.79 Å². The van der Waals surface area contributed by atoms with Crippen LogP contribution in [0.5, 0.6) is 5.75 Å². The number of aryl methyl sites for hydroxylation is 1. The minimum Gasteiger partial charge on any atom is -0.483 e. The first kappa shape index (κ1) is 19.9. The summed E-state index contributed by atoms with van der Waals surface area (Å²) in [5, 5.41) is 4.63. The Morgan fingerprint density at radius 2 is 1.96 bits per heavy atom. The lowest BCUT2D eigenvalue weighted by molar-refractivity contribution is -0.136. The Balaban J connectivity index is 1.66. The highest BCUT2D eigenvalue weighted by molar-refractivity contribution is 6.30.